The fourth-order valence-electron chi connectivity index (χ4n) is 3.27. The van der Waals surface area contributed by atoms with Crippen LogP contribution < -0.4 is 15.5 Å². The Bertz CT molecular complexity index is 1340. The lowest BCUT2D eigenvalue weighted by atomic mass is 10.2. The normalized spacial score (nSPS) is 11.5. The first-order valence-corrected chi connectivity index (χ1v) is 10.9. The molecule has 4 rings (SSSR count). The average Bonchev–Trinajstić information content (AvgIpc) is 3.28. The van der Waals surface area contributed by atoms with E-state index < -0.39 is 6.41 Å². The summed E-state index contributed by atoms with van der Waals surface area (Å²) in [6.07, 6.45) is 2.97. The van der Waals surface area contributed by atoms with Gasteiger partial charge in [-0.3, -0.25) is 14.4 Å². The number of carbonyl (C=O) groups excluding carboxylic acids is 1. The molecular formula is C25H24FN7O3. The molecule has 0 aliphatic heterocycles. The number of anilines is 5. The van der Waals surface area contributed by atoms with Gasteiger partial charge >= 0.3 is 0 Å². The average molecular weight is 490 g/mol. The van der Waals surface area contributed by atoms with Gasteiger partial charge in [0.25, 0.3) is 0 Å². The van der Waals surface area contributed by atoms with Crippen LogP contribution in [0.3, 0.4) is 0 Å². The van der Waals surface area contributed by atoms with Gasteiger partial charge in [-0.1, -0.05) is 24.8 Å². The Balaban J connectivity index is 1.64. The topological polar surface area (TPSA) is 117 Å². The minimum atomic E-state index is -1.49. The molecule has 2 aromatic heterocycles. The van der Waals surface area contributed by atoms with E-state index >= 15 is 0 Å². The Morgan fingerprint density at radius 3 is 2.78 bits per heavy atom. The minimum absolute atomic E-state index is 0.00889. The summed E-state index contributed by atoms with van der Waals surface area (Å²) in [5, 5.41) is 21.0. The SMILES string of the molecule is C=CC(=O)Nc1cccc(N(c2ccnc(Nc3ccn(C)n3)n2)C(O)OCc2ccc(F)cc2)c1. The Hall–Kier alpha value is -4.61. The molecule has 0 aliphatic carbocycles. The van der Waals surface area contributed by atoms with Gasteiger partial charge in [0.05, 0.1) is 6.61 Å². The lowest BCUT2D eigenvalue weighted by Gasteiger charge is -2.29. The molecule has 0 spiro atoms. The quantitative estimate of drug-likeness (QED) is 0.227. The summed E-state index contributed by atoms with van der Waals surface area (Å²) < 4.78 is 20.6. The van der Waals surface area contributed by atoms with Gasteiger partial charge < -0.3 is 20.5 Å². The molecule has 1 unspecified atom stereocenters. The maximum Gasteiger partial charge on any atom is 0.247 e. The van der Waals surface area contributed by atoms with Crippen LogP contribution in [0.25, 0.3) is 0 Å². The van der Waals surface area contributed by atoms with Crippen LogP contribution in [0.5, 0.6) is 0 Å². The highest BCUT2D eigenvalue weighted by Crippen LogP contribution is 2.29. The van der Waals surface area contributed by atoms with E-state index in [1.807, 2.05) is 0 Å². The second-order valence-corrected chi connectivity index (χ2v) is 7.62. The summed E-state index contributed by atoms with van der Waals surface area (Å²) in [6, 6.07) is 15.9. The second-order valence-electron chi connectivity index (χ2n) is 7.62. The summed E-state index contributed by atoms with van der Waals surface area (Å²) in [5.74, 6) is 0.354. The highest BCUT2D eigenvalue weighted by Gasteiger charge is 2.22. The van der Waals surface area contributed by atoms with Crippen molar-refractivity contribution in [1.29, 1.82) is 0 Å². The van der Waals surface area contributed by atoms with E-state index in [1.54, 1.807) is 66.5 Å². The zero-order valence-corrected chi connectivity index (χ0v) is 19.4. The summed E-state index contributed by atoms with van der Waals surface area (Å²) in [4.78, 5) is 22.0. The van der Waals surface area contributed by atoms with Gasteiger partial charge in [0.1, 0.15) is 11.6 Å². The van der Waals surface area contributed by atoms with E-state index in [4.69, 9.17) is 4.74 Å². The number of carbonyl (C=O) groups is 1. The first-order valence-electron chi connectivity index (χ1n) is 10.9. The molecule has 10 nitrogen and oxygen atoms in total. The maximum atomic E-state index is 13.2. The summed E-state index contributed by atoms with van der Waals surface area (Å²) >= 11 is 0. The van der Waals surface area contributed by atoms with Gasteiger partial charge in [-0.05, 0) is 48.0 Å². The number of nitrogens with one attached hydrogen (secondary N) is 2. The number of halogens is 1. The van der Waals surface area contributed by atoms with Gasteiger partial charge in [-0.2, -0.15) is 10.1 Å². The molecule has 4 aromatic rings. The van der Waals surface area contributed by atoms with Crippen LogP contribution in [0, 0.1) is 5.82 Å². The van der Waals surface area contributed by atoms with Crippen molar-refractivity contribution in [2.75, 3.05) is 15.5 Å². The van der Waals surface area contributed by atoms with E-state index in [0.717, 1.165) is 6.08 Å². The van der Waals surface area contributed by atoms with Gasteiger partial charge in [0.2, 0.25) is 18.3 Å². The maximum absolute atomic E-state index is 13.2. The number of hydrogen-bond acceptors (Lipinski definition) is 8. The fourth-order valence-corrected chi connectivity index (χ4v) is 3.27. The van der Waals surface area contributed by atoms with Crippen LogP contribution in [0.1, 0.15) is 5.56 Å². The van der Waals surface area contributed by atoms with Crippen molar-refractivity contribution in [3.63, 3.8) is 0 Å². The largest absolute Gasteiger partial charge is 0.351 e. The molecule has 11 heteroatoms. The molecule has 1 amide bonds. The van der Waals surface area contributed by atoms with Crippen molar-refractivity contribution in [2.24, 2.45) is 7.05 Å². The molecule has 36 heavy (non-hydrogen) atoms. The number of nitrogens with zero attached hydrogens (tertiary/aromatic N) is 5. The molecule has 0 bridgehead atoms. The van der Waals surface area contributed by atoms with E-state index in [1.165, 1.54) is 23.2 Å². The summed E-state index contributed by atoms with van der Waals surface area (Å²) in [6.45, 7) is 3.47. The monoisotopic (exact) mass is 489 g/mol. The van der Waals surface area contributed by atoms with Crippen molar-refractivity contribution < 1.29 is 19.0 Å². The van der Waals surface area contributed by atoms with Crippen LogP contribution in [0.15, 0.2) is 85.7 Å². The highest BCUT2D eigenvalue weighted by atomic mass is 19.1. The predicted octanol–water partition coefficient (Wildman–Crippen LogP) is 3.85. The molecule has 0 aliphatic rings. The minimum Gasteiger partial charge on any atom is -0.351 e. The fraction of sp³-hybridized carbons (Fsp3) is 0.120. The third-order valence-corrected chi connectivity index (χ3v) is 4.95. The van der Waals surface area contributed by atoms with Crippen molar-refractivity contribution in [2.45, 2.75) is 13.0 Å². The molecule has 184 valence electrons. The lowest BCUT2D eigenvalue weighted by Crippen LogP contribution is -2.34. The van der Waals surface area contributed by atoms with Crippen molar-refractivity contribution in [1.82, 2.24) is 19.7 Å². The molecule has 0 saturated heterocycles. The number of amides is 1. The van der Waals surface area contributed by atoms with Gasteiger partial charge in [-0.25, -0.2) is 9.37 Å². The summed E-state index contributed by atoms with van der Waals surface area (Å²) in [5.41, 5.74) is 1.63. The van der Waals surface area contributed by atoms with Crippen LogP contribution in [-0.2, 0) is 23.2 Å². The lowest BCUT2D eigenvalue weighted by molar-refractivity contribution is -0.111. The number of aliphatic hydroxyl groups is 1. The number of ether oxygens (including phenoxy) is 1. The Morgan fingerprint density at radius 2 is 2.06 bits per heavy atom. The number of aliphatic hydroxyl groups excluding tert-OH is 1. The van der Waals surface area contributed by atoms with Crippen molar-refractivity contribution in [3.8, 4) is 0 Å². The highest BCUT2D eigenvalue weighted by molar-refractivity contribution is 5.99. The second kappa shape index (κ2) is 11.2. The molecule has 1 atom stereocenters. The Labute approximate surface area is 206 Å². The van der Waals surface area contributed by atoms with Crippen molar-refractivity contribution >= 4 is 34.9 Å². The van der Waals surface area contributed by atoms with E-state index in [9.17, 15) is 14.3 Å². The standard InChI is InChI=1S/C25H24FN7O3/c1-3-23(34)28-19-5-4-6-20(15-19)33(25(35)36-16-17-7-9-18(26)10-8-17)22-11-13-27-24(30-22)29-21-12-14-32(2)31-21/h3-15,25,35H,1,16H2,2H3,(H,28,34)(H,27,29,30,31). The summed E-state index contributed by atoms with van der Waals surface area (Å²) in [7, 11) is 1.79. The van der Waals surface area contributed by atoms with Crippen LogP contribution in [0.4, 0.5) is 33.3 Å². The first kappa shape index (κ1) is 24.5. The van der Waals surface area contributed by atoms with E-state index in [-0.39, 0.29) is 24.3 Å². The van der Waals surface area contributed by atoms with Crippen LogP contribution in [0.2, 0.25) is 0 Å². The molecule has 0 saturated carbocycles. The molecule has 2 heterocycles. The molecule has 0 radical (unpaired) electrons. The zero-order chi connectivity index (χ0) is 25.5. The number of rotatable bonds is 10. The van der Waals surface area contributed by atoms with E-state index in [0.29, 0.717) is 28.6 Å². The predicted molar refractivity (Wildman–Crippen MR) is 133 cm³/mol. The number of aryl methyl sites for hydroxylation is 1. The molecule has 0 fully saturated rings. The van der Waals surface area contributed by atoms with Gasteiger partial charge in [-0.15, -0.1) is 0 Å². The van der Waals surface area contributed by atoms with Crippen LogP contribution in [-0.4, -0.2) is 37.2 Å². The Morgan fingerprint density at radius 1 is 1.25 bits per heavy atom. The molecular weight excluding hydrogens is 465 g/mol. The van der Waals surface area contributed by atoms with Crippen molar-refractivity contribution in [3.05, 3.63) is 97.1 Å². The molecule has 2 aromatic carbocycles. The zero-order valence-electron chi connectivity index (χ0n) is 19.4. The third kappa shape index (κ3) is 6.29. The van der Waals surface area contributed by atoms with E-state index in [2.05, 4.69) is 32.3 Å². The Kier molecular flexibility index (Phi) is 7.63. The third-order valence-electron chi connectivity index (χ3n) is 4.95. The van der Waals surface area contributed by atoms with Gasteiger partial charge in [0.15, 0.2) is 5.82 Å². The molecule has 3 N–H and O–H groups in total. The number of hydrogen-bond donors (Lipinski definition) is 3. The number of benzene rings is 2. The smallest absolute Gasteiger partial charge is 0.247 e. The number of aromatic nitrogens is 4. The van der Waals surface area contributed by atoms with Crippen LogP contribution >= 0.6 is 0 Å². The van der Waals surface area contributed by atoms with Gasteiger partial charge in [0, 0.05) is 36.9 Å². The first-order chi connectivity index (χ1) is 17.4.